The smallest absolute Gasteiger partial charge is 0.255 e. The number of pyridine rings is 1. The van der Waals surface area contributed by atoms with E-state index in [0.717, 1.165) is 29.3 Å². The van der Waals surface area contributed by atoms with Crippen LogP contribution in [0.15, 0.2) is 14.8 Å². The lowest BCUT2D eigenvalue weighted by molar-refractivity contribution is 0.461. The van der Waals surface area contributed by atoms with Gasteiger partial charge in [-0.15, -0.1) is 11.8 Å². The Labute approximate surface area is 130 Å². The lowest BCUT2D eigenvalue weighted by Gasteiger charge is -2.32. The summed E-state index contributed by atoms with van der Waals surface area (Å²) in [4.78, 5) is 19.7. The molecule has 0 atom stereocenters. The fourth-order valence-corrected chi connectivity index (χ4v) is 3.73. The first-order valence-electron chi connectivity index (χ1n) is 7.46. The quantitative estimate of drug-likeness (QED) is 0.900. The fourth-order valence-electron chi connectivity index (χ4n) is 2.51. The Morgan fingerprint density at radius 1 is 1.43 bits per heavy atom. The topological polar surface area (TPSA) is 65.4 Å². The van der Waals surface area contributed by atoms with Gasteiger partial charge in [0.1, 0.15) is 5.75 Å². The monoisotopic (exact) mass is 308 g/mol. The molecule has 0 amide bonds. The average Bonchev–Trinajstić information content (AvgIpc) is 2.34. The Bertz CT molecular complexity index is 630. The number of hydrogen-bond donors (Lipinski definition) is 2. The minimum Gasteiger partial charge on any atom is -0.507 e. The molecule has 1 aliphatic heterocycles. The first kappa shape index (κ1) is 16.1. The van der Waals surface area contributed by atoms with Crippen molar-refractivity contribution >= 4 is 17.5 Å². The zero-order valence-electron chi connectivity index (χ0n) is 13.4. The van der Waals surface area contributed by atoms with Crippen LogP contribution in [0.25, 0.3) is 0 Å². The van der Waals surface area contributed by atoms with Gasteiger partial charge >= 0.3 is 0 Å². The third kappa shape index (κ3) is 3.34. The number of nitrogens with zero attached hydrogens (tertiary/aromatic N) is 1. The van der Waals surface area contributed by atoms with Crippen molar-refractivity contribution in [3.63, 3.8) is 0 Å². The molecule has 1 aromatic rings. The minimum absolute atomic E-state index is 0.0358. The van der Waals surface area contributed by atoms with Gasteiger partial charge in [0, 0.05) is 23.4 Å². The summed E-state index contributed by atoms with van der Waals surface area (Å²) < 4.78 is -0.0358. The van der Waals surface area contributed by atoms with E-state index in [1.807, 2.05) is 6.92 Å². The number of rotatable bonds is 3. The highest BCUT2D eigenvalue weighted by atomic mass is 32.2. The van der Waals surface area contributed by atoms with Crippen molar-refractivity contribution in [2.75, 3.05) is 6.54 Å². The fraction of sp³-hybridized carbons (Fsp3) is 0.625. The van der Waals surface area contributed by atoms with E-state index in [1.54, 1.807) is 11.8 Å². The molecular weight excluding hydrogens is 284 g/mol. The number of fused-ring (bicyclic) bond motifs is 1. The van der Waals surface area contributed by atoms with Gasteiger partial charge in [-0.1, -0.05) is 20.8 Å². The van der Waals surface area contributed by atoms with Gasteiger partial charge < -0.3 is 10.1 Å². The predicted molar refractivity (Wildman–Crippen MR) is 88.9 cm³/mol. The van der Waals surface area contributed by atoms with E-state index < -0.39 is 0 Å². The van der Waals surface area contributed by atoms with Gasteiger partial charge in [0.15, 0.2) is 0 Å². The molecule has 1 aliphatic rings. The van der Waals surface area contributed by atoms with Gasteiger partial charge in [-0.3, -0.25) is 9.79 Å². The van der Waals surface area contributed by atoms with Crippen LogP contribution >= 0.6 is 11.8 Å². The van der Waals surface area contributed by atoms with Gasteiger partial charge in [-0.25, -0.2) is 0 Å². The number of aromatic nitrogens is 1. The lowest BCUT2D eigenvalue weighted by atomic mass is 9.97. The molecule has 0 bridgehead atoms. The predicted octanol–water partition coefficient (Wildman–Crippen LogP) is 3.36. The SMILES string of the molecule is CCc1c(O)c2c([nH]c1=O)SC(C)(C)CC2=NCC(C)C. The van der Waals surface area contributed by atoms with Crippen LogP contribution in [0.1, 0.15) is 52.2 Å². The summed E-state index contributed by atoms with van der Waals surface area (Å²) in [5.74, 6) is 0.580. The molecule has 21 heavy (non-hydrogen) atoms. The Balaban J connectivity index is 2.63. The molecule has 0 spiro atoms. The second-order valence-corrected chi connectivity index (χ2v) is 8.28. The number of aromatic amines is 1. The Morgan fingerprint density at radius 3 is 2.67 bits per heavy atom. The van der Waals surface area contributed by atoms with Crippen molar-refractivity contribution in [3.05, 3.63) is 21.5 Å². The maximum atomic E-state index is 12.1. The molecule has 2 heterocycles. The van der Waals surface area contributed by atoms with Gasteiger partial charge in [-0.05, 0) is 26.2 Å². The van der Waals surface area contributed by atoms with Crippen molar-refractivity contribution in [2.24, 2.45) is 10.9 Å². The highest BCUT2D eigenvalue weighted by Crippen LogP contribution is 2.44. The van der Waals surface area contributed by atoms with Crippen molar-refractivity contribution < 1.29 is 5.11 Å². The molecule has 0 aliphatic carbocycles. The molecule has 4 nitrogen and oxygen atoms in total. The van der Waals surface area contributed by atoms with Crippen molar-refractivity contribution in [2.45, 2.75) is 57.2 Å². The molecule has 0 aromatic carbocycles. The van der Waals surface area contributed by atoms with Gasteiger partial charge in [0.25, 0.3) is 5.56 Å². The molecule has 0 radical (unpaired) electrons. The third-order valence-electron chi connectivity index (χ3n) is 3.51. The van der Waals surface area contributed by atoms with Crippen molar-refractivity contribution in [1.82, 2.24) is 4.98 Å². The van der Waals surface area contributed by atoms with E-state index in [1.165, 1.54) is 0 Å². The molecule has 0 saturated heterocycles. The number of hydrogen-bond acceptors (Lipinski definition) is 4. The Kier molecular flexibility index (Phi) is 4.51. The van der Waals surface area contributed by atoms with Crippen LogP contribution in [0.4, 0.5) is 0 Å². The Hall–Kier alpha value is -1.23. The average molecular weight is 308 g/mol. The summed E-state index contributed by atoms with van der Waals surface area (Å²) in [7, 11) is 0. The van der Waals surface area contributed by atoms with E-state index in [4.69, 9.17) is 4.99 Å². The van der Waals surface area contributed by atoms with Gasteiger partial charge in [-0.2, -0.15) is 0 Å². The van der Waals surface area contributed by atoms with E-state index in [2.05, 4.69) is 32.7 Å². The maximum absolute atomic E-state index is 12.1. The van der Waals surface area contributed by atoms with E-state index in [-0.39, 0.29) is 16.1 Å². The molecule has 1 aromatic heterocycles. The summed E-state index contributed by atoms with van der Waals surface area (Å²) in [5, 5.41) is 11.3. The molecule has 5 heteroatoms. The van der Waals surface area contributed by atoms with Crippen LogP contribution in [0.5, 0.6) is 5.75 Å². The van der Waals surface area contributed by atoms with E-state index in [9.17, 15) is 9.90 Å². The number of thioether (sulfide) groups is 1. The summed E-state index contributed by atoms with van der Waals surface area (Å²) in [6.07, 6.45) is 1.31. The second kappa shape index (κ2) is 5.87. The molecule has 2 N–H and O–H groups in total. The van der Waals surface area contributed by atoms with Crippen LogP contribution in [-0.4, -0.2) is 27.1 Å². The third-order valence-corrected chi connectivity index (χ3v) is 4.72. The molecule has 116 valence electrons. The highest BCUT2D eigenvalue weighted by Gasteiger charge is 2.34. The molecule has 0 unspecified atom stereocenters. The number of aromatic hydroxyl groups is 1. The maximum Gasteiger partial charge on any atom is 0.255 e. The standard InChI is InChI=1S/C16H24N2O2S/c1-6-10-13(19)12-11(17-8-9(2)3)7-16(4,5)21-15(12)18-14(10)20/h9H,6-8H2,1-5H3,(H2,18,19,20). The lowest BCUT2D eigenvalue weighted by Crippen LogP contribution is -2.30. The number of H-pyrrole nitrogens is 1. The van der Waals surface area contributed by atoms with E-state index in [0.29, 0.717) is 17.9 Å². The summed E-state index contributed by atoms with van der Waals surface area (Å²) in [5.41, 5.74) is 1.90. The molecule has 2 rings (SSSR count). The van der Waals surface area contributed by atoms with Crippen LogP contribution in [0.3, 0.4) is 0 Å². The van der Waals surface area contributed by atoms with Gasteiger partial charge in [0.05, 0.1) is 16.2 Å². The summed E-state index contributed by atoms with van der Waals surface area (Å²) in [6, 6.07) is 0. The molecule has 0 fully saturated rings. The minimum atomic E-state index is -0.192. The van der Waals surface area contributed by atoms with Crippen LogP contribution < -0.4 is 5.56 Å². The summed E-state index contributed by atoms with van der Waals surface area (Å²) >= 11 is 1.60. The molecule has 0 saturated carbocycles. The second-order valence-electron chi connectivity index (χ2n) is 6.56. The van der Waals surface area contributed by atoms with Crippen LogP contribution in [0.2, 0.25) is 0 Å². The highest BCUT2D eigenvalue weighted by molar-refractivity contribution is 8.00. The molecular formula is C16H24N2O2S. The zero-order chi connectivity index (χ0) is 15.8. The van der Waals surface area contributed by atoms with Crippen LogP contribution in [0, 0.1) is 5.92 Å². The number of nitrogens with one attached hydrogen (secondary N) is 1. The van der Waals surface area contributed by atoms with E-state index >= 15 is 0 Å². The van der Waals surface area contributed by atoms with Gasteiger partial charge in [0.2, 0.25) is 0 Å². The van der Waals surface area contributed by atoms with Crippen molar-refractivity contribution in [1.29, 1.82) is 0 Å². The normalized spacial score (nSPS) is 19.0. The number of aliphatic imine (C=N–C) groups is 1. The first-order valence-corrected chi connectivity index (χ1v) is 8.27. The first-order chi connectivity index (χ1) is 9.75. The zero-order valence-corrected chi connectivity index (χ0v) is 14.2. The summed E-state index contributed by atoms with van der Waals surface area (Å²) in [6.45, 7) is 11.1. The largest absolute Gasteiger partial charge is 0.507 e. The Morgan fingerprint density at radius 2 is 2.10 bits per heavy atom. The van der Waals surface area contributed by atoms with Crippen LogP contribution in [-0.2, 0) is 6.42 Å². The van der Waals surface area contributed by atoms with Crippen molar-refractivity contribution in [3.8, 4) is 5.75 Å².